The first kappa shape index (κ1) is 19.4. The average Bonchev–Trinajstić information content (AvgIpc) is 2.58. The van der Waals surface area contributed by atoms with Crippen molar-refractivity contribution in [3.8, 4) is 5.75 Å². The maximum atomic E-state index is 11.9. The van der Waals surface area contributed by atoms with E-state index in [4.69, 9.17) is 44.3 Å². The fourth-order valence-electron chi connectivity index (χ4n) is 1.81. The van der Waals surface area contributed by atoms with Gasteiger partial charge in [0, 0.05) is 10.0 Å². The van der Waals surface area contributed by atoms with E-state index in [1.807, 2.05) is 0 Å². The Morgan fingerprint density at radius 3 is 2.32 bits per heavy atom. The van der Waals surface area contributed by atoms with Crippen LogP contribution < -0.4 is 10.1 Å². The molecule has 0 radical (unpaired) electrons. The van der Waals surface area contributed by atoms with Crippen LogP contribution in [-0.4, -0.2) is 31.6 Å². The second kappa shape index (κ2) is 9.51. The summed E-state index contributed by atoms with van der Waals surface area (Å²) in [6, 6.07) is 11.2. The number of halogens is 3. The first-order valence-corrected chi connectivity index (χ1v) is 8.36. The quantitative estimate of drug-likeness (QED) is 0.561. The Morgan fingerprint density at radius 1 is 0.960 bits per heavy atom. The lowest BCUT2D eigenvalue weighted by Gasteiger charge is -2.09. The van der Waals surface area contributed by atoms with Crippen molar-refractivity contribution in [2.24, 2.45) is 0 Å². The molecule has 8 heteroatoms. The van der Waals surface area contributed by atoms with Crippen LogP contribution in [0.3, 0.4) is 0 Å². The van der Waals surface area contributed by atoms with Crippen molar-refractivity contribution in [2.45, 2.75) is 0 Å². The van der Waals surface area contributed by atoms with Crippen LogP contribution in [0.25, 0.3) is 0 Å². The lowest BCUT2D eigenvalue weighted by atomic mass is 10.2. The molecule has 0 aliphatic carbocycles. The van der Waals surface area contributed by atoms with Crippen molar-refractivity contribution < 1.29 is 19.1 Å². The number of carbonyl (C=O) groups excluding carboxylic acids is 2. The Balaban J connectivity index is 1.68. The number of carbonyl (C=O) groups is 2. The van der Waals surface area contributed by atoms with E-state index in [0.717, 1.165) is 0 Å². The Morgan fingerprint density at radius 2 is 1.64 bits per heavy atom. The van der Waals surface area contributed by atoms with Crippen LogP contribution in [0.4, 0.5) is 0 Å². The molecule has 132 valence electrons. The van der Waals surface area contributed by atoms with E-state index in [0.29, 0.717) is 15.8 Å². The van der Waals surface area contributed by atoms with Gasteiger partial charge in [-0.2, -0.15) is 0 Å². The Kier molecular flexibility index (Phi) is 7.37. The maximum Gasteiger partial charge on any atom is 0.340 e. The number of esters is 1. The summed E-state index contributed by atoms with van der Waals surface area (Å²) in [7, 11) is 0. The number of ether oxygens (including phenoxy) is 2. The Bertz CT molecular complexity index is 750. The van der Waals surface area contributed by atoms with Crippen LogP contribution in [0.1, 0.15) is 10.4 Å². The zero-order valence-corrected chi connectivity index (χ0v) is 15.2. The van der Waals surface area contributed by atoms with Gasteiger partial charge in [0.2, 0.25) is 0 Å². The predicted molar refractivity (Wildman–Crippen MR) is 96.7 cm³/mol. The maximum absolute atomic E-state index is 11.9. The lowest BCUT2D eigenvalue weighted by Crippen LogP contribution is -2.32. The molecule has 0 bridgehead atoms. The molecule has 0 aliphatic heterocycles. The second-order valence-corrected chi connectivity index (χ2v) is 6.13. The summed E-state index contributed by atoms with van der Waals surface area (Å²) in [5, 5.41) is 3.75. The topological polar surface area (TPSA) is 64.6 Å². The summed E-state index contributed by atoms with van der Waals surface area (Å²) < 4.78 is 10.3. The zero-order valence-electron chi connectivity index (χ0n) is 12.9. The first-order chi connectivity index (χ1) is 12.0. The van der Waals surface area contributed by atoms with Crippen molar-refractivity contribution >= 4 is 46.7 Å². The fraction of sp³-hybridized carbons (Fsp3) is 0.176. The number of benzene rings is 2. The normalized spacial score (nSPS) is 10.2. The van der Waals surface area contributed by atoms with E-state index in [9.17, 15) is 9.59 Å². The minimum Gasteiger partial charge on any atom is -0.492 e. The van der Waals surface area contributed by atoms with E-state index >= 15 is 0 Å². The van der Waals surface area contributed by atoms with Crippen LogP contribution in [0.15, 0.2) is 42.5 Å². The van der Waals surface area contributed by atoms with Crippen molar-refractivity contribution in [3.05, 3.63) is 63.1 Å². The van der Waals surface area contributed by atoms with Crippen LogP contribution in [0.5, 0.6) is 5.75 Å². The molecule has 0 saturated carbocycles. The highest BCUT2D eigenvalue weighted by molar-refractivity contribution is 6.36. The highest BCUT2D eigenvalue weighted by Gasteiger charge is 2.13. The Labute approximate surface area is 159 Å². The molecule has 5 nitrogen and oxygen atoms in total. The molecule has 0 spiro atoms. The van der Waals surface area contributed by atoms with Gasteiger partial charge in [0.25, 0.3) is 5.91 Å². The van der Waals surface area contributed by atoms with Gasteiger partial charge in [-0.1, -0.05) is 34.8 Å². The molecule has 0 heterocycles. The van der Waals surface area contributed by atoms with Crippen LogP contribution in [0.2, 0.25) is 15.1 Å². The standard InChI is InChI=1S/C17H14Cl3NO4/c18-11-1-4-13(5-2-11)24-8-7-21-16(22)10-25-17(23)14-6-3-12(19)9-15(14)20/h1-6,9H,7-8,10H2,(H,21,22). The molecule has 2 aromatic carbocycles. The van der Waals surface area contributed by atoms with Gasteiger partial charge in [-0.3, -0.25) is 4.79 Å². The van der Waals surface area contributed by atoms with Gasteiger partial charge >= 0.3 is 5.97 Å². The molecule has 0 unspecified atom stereocenters. The number of hydrogen-bond donors (Lipinski definition) is 1. The molecule has 0 saturated heterocycles. The highest BCUT2D eigenvalue weighted by atomic mass is 35.5. The third kappa shape index (κ3) is 6.46. The molecule has 25 heavy (non-hydrogen) atoms. The number of hydrogen-bond acceptors (Lipinski definition) is 4. The fourth-order valence-corrected chi connectivity index (χ4v) is 2.42. The van der Waals surface area contributed by atoms with E-state index in [-0.39, 0.29) is 23.7 Å². The van der Waals surface area contributed by atoms with Gasteiger partial charge in [-0.25, -0.2) is 4.79 Å². The second-order valence-electron chi connectivity index (χ2n) is 4.85. The summed E-state index contributed by atoms with van der Waals surface area (Å²) in [6.07, 6.45) is 0. The number of amides is 1. The molecule has 0 aromatic heterocycles. The zero-order chi connectivity index (χ0) is 18.2. The molecule has 2 rings (SSSR count). The monoisotopic (exact) mass is 401 g/mol. The van der Waals surface area contributed by atoms with Gasteiger partial charge in [0.05, 0.1) is 17.1 Å². The van der Waals surface area contributed by atoms with Gasteiger partial charge in [0.1, 0.15) is 12.4 Å². The first-order valence-electron chi connectivity index (χ1n) is 7.23. The SMILES string of the molecule is O=C(COC(=O)c1ccc(Cl)cc1Cl)NCCOc1ccc(Cl)cc1. The largest absolute Gasteiger partial charge is 0.492 e. The molecule has 0 aliphatic rings. The molecule has 1 N–H and O–H groups in total. The summed E-state index contributed by atoms with van der Waals surface area (Å²) in [4.78, 5) is 23.5. The van der Waals surface area contributed by atoms with E-state index in [2.05, 4.69) is 5.32 Å². The highest BCUT2D eigenvalue weighted by Crippen LogP contribution is 2.21. The molecular weight excluding hydrogens is 389 g/mol. The lowest BCUT2D eigenvalue weighted by molar-refractivity contribution is -0.124. The van der Waals surface area contributed by atoms with Crippen LogP contribution >= 0.6 is 34.8 Å². The smallest absolute Gasteiger partial charge is 0.340 e. The summed E-state index contributed by atoms with van der Waals surface area (Å²) >= 11 is 17.4. The number of nitrogens with one attached hydrogen (secondary N) is 1. The van der Waals surface area contributed by atoms with Crippen molar-refractivity contribution in [1.82, 2.24) is 5.32 Å². The molecule has 2 aromatic rings. The van der Waals surface area contributed by atoms with Crippen molar-refractivity contribution in [3.63, 3.8) is 0 Å². The number of rotatable bonds is 7. The molecular formula is C17H14Cl3NO4. The van der Waals surface area contributed by atoms with Gasteiger partial charge in [0.15, 0.2) is 6.61 Å². The molecule has 1 amide bonds. The predicted octanol–water partition coefficient (Wildman–Crippen LogP) is 4.00. The van der Waals surface area contributed by atoms with Crippen LogP contribution in [-0.2, 0) is 9.53 Å². The molecule has 0 atom stereocenters. The van der Waals surface area contributed by atoms with E-state index in [1.54, 1.807) is 24.3 Å². The minimum absolute atomic E-state index is 0.143. The van der Waals surface area contributed by atoms with E-state index in [1.165, 1.54) is 18.2 Å². The van der Waals surface area contributed by atoms with Gasteiger partial charge in [-0.15, -0.1) is 0 Å². The summed E-state index contributed by atoms with van der Waals surface area (Å²) in [5.41, 5.74) is 0.143. The third-order valence-electron chi connectivity index (χ3n) is 2.99. The van der Waals surface area contributed by atoms with Crippen molar-refractivity contribution in [1.29, 1.82) is 0 Å². The molecule has 0 fully saturated rings. The Hall–Kier alpha value is -1.95. The summed E-state index contributed by atoms with van der Waals surface area (Å²) in [5.74, 6) is -0.505. The summed E-state index contributed by atoms with van der Waals surface area (Å²) in [6.45, 7) is 0.115. The van der Waals surface area contributed by atoms with Gasteiger partial charge < -0.3 is 14.8 Å². The minimum atomic E-state index is -0.700. The van der Waals surface area contributed by atoms with Crippen molar-refractivity contribution in [2.75, 3.05) is 19.8 Å². The van der Waals surface area contributed by atoms with E-state index < -0.39 is 18.5 Å². The van der Waals surface area contributed by atoms with Crippen LogP contribution in [0, 0.1) is 0 Å². The average molecular weight is 403 g/mol. The third-order valence-corrected chi connectivity index (χ3v) is 3.79. The van der Waals surface area contributed by atoms with Gasteiger partial charge in [-0.05, 0) is 42.5 Å².